The van der Waals surface area contributed by atoms with Gasteiger partial charge in [0.1, 0.15) is 5.54 Å². The zero-order chi connectivity index (χ0) is 23.9. The third-order valence-electron chi connectivity index (χ3n) is 8.10. The Morgan fingerprint density at radius 1 is 1.15 bits per heavy atom. The van der Waals surface area contributed by atoms with E-state index in [4.69, 9.17) is 0 Å². The molecule has 0 saturated carbocycles. The zero-order valence-corrected chi connectivity index (χ0v) is 18.9. The van der Waals surface area contributed by atoms with E-state index in [9.17, 15) is 24.5 Å². The van der Waals surface area contributed by atoms with Crippen molar-refractivity contribution in [3.8, 4) is 0 Å². The summed E-state index contributed by atoms with van der Waals surface area (Å²) in [6.45, 7) is 4.34. The van der Waals surface area contributed by atoms with Gasteiger partial charge in [-0.15, -0.1) is 0 Å². The average molecular weight is 460 g/mol. The second-order valence-corrected chi connectivity index (χ2v) is 9.60. The fourth-order valence-electron chi connectivity index (χ4n) is 6.71. The minimum Gasteiger partial charge on any atom is -0.324 e. The van der Waals surface area contributed by atoms with Crippen molar-refractivity contribution in [2.24, 2.45) is 11.8 Å². The van der Waals surface area contributed by atoms with Crippen molar-refractivity contribution in [1.29, 1.82) is 0 Å². The van der Waals surface area contributed by atoms with Gasteiger partial charge in [0.15, 0.2) is 0 Å². The van der Waals surface area contributed by atoms with E-state index in [1.807, 2.05) is 25.1 Å². The van der Waals surface area contributed by atoms with Crippen molar-refractivity contribution in [1.82, 2.24) is 4.90 Å². The maximum atomic E-state index is 14.0. The number of hydrogen-bond acceptors (Lipinski definition) is 6. The third-order valence-corrected chi connectivity index (χ3v) is 8.10. The highest BCUT2D eigenvalue weighted by atomic mass is 16.6. The van der Waals surface area contributed by atoms with Crippen LogP contribution in [0.3, 0.4) is 0 Å². The summed E-state index contributed by atoms with van der Waals surface area (Å²) in [6.07, 6.45) is 2.38. The smallest absolute Gasteiger partial charge is 0.269 e. The molecule has 1 spiro atoms. The molecule has 34 heavy (non-hydrogen) atoms. The first-order valence-electron chi connectivity index (χ1n) is 11.6. The maximum absolute atomic E-state index is 14.0. The Labute approximate surface area is 195 Å². The van der Waals surface area contributed by atoms with Crippen LogP contribution in [0, 0.1) is 28.9 Å². The van der Waals surface area contributed by atoms with Crippen molar-refractivity contribution in [2.45, 2.75) is 44.7 Å². The molecule has 2 aromatic carbocycles. The summed E-state index contributed by atoms with van der Waals surface area (Å²) in [5.74, 6) is -2.46. The number of benzene rings is 2. The molecule has 0 bridgehead atoms. The molecule has 9 nitrogen and oxygen atoms in total. The number of carbonyl (C=O) groups excluding carboxylic acids is 3. The molecule has 3 fully saturated rings. The van der Waals surface area contributed by atoms with E-state index in [1.165, 1.54) is 23.1 Å². The predicted molar refractivity (Wildman–Crippen MR) is 123 cm³/mol. The number of nitro benzene ring substituents is 1. The second kappa shape index (κ2) is 6.96. The van der Waals surface area contributed by atoms with Crippen LogP contribution in [0.5, 0.6) is 0 Å². The van der Waals surface area contributed by atoms with E-state index in [0.717, 1.165) is 30.4 Å². The lowest BCUT2D eigenvalue weighted by atomic mass is 9.75. The molecule has 0 aliphatic carbocycles. The largest absolute Gasteiger partial charge is 0.324 e. The van der Waals surface area contributed by atoms with Crippen molar-refractivity contribution in [3.05, 3.63) is 63.2 Å². The SMILES string of the molecule is CCc1ccc2c(c1)[C@]1(C(=O)N2)[C@@H]2C(=O)N(c3ccc([N+](=O)[O-])cc3C)C(=O)[C@H]2[C@@H]2CCCN21. The summed E-state index contributed by atoms with van der Waals surface area (Å²) < 4.78 is 0. The number of nitrogens with zero attached hydrogens (tertiary/aromatic N) is 3. The molecule has 4 heterocycles. The van der Waals surface area contributed by atoms with E-state index < -0.39 is 28.2 Å². The molecule has 6 rings (SSSR count). The van der Waals surface area contributed by atoms with Crippen LogP contribution in [0.2, 0.25) is 0 Å². The lowest BCUT2D eigenvalue weighted by Gasteiger charge is -2.37. The van der Waals surface area contributed by atoms with Crippen molar-refractivity contribution in [3.63, 3.8) is 0 Å². The molecule has 0 aromatic heterocycles. The summed E-state index contributed by atoms with van der Waals surface area (Å²) in [7, 11) is 0. The summed E-state index contributed by atoms with van der Waals surface area (Å²) >= 11 is 0. The van der Waals surface area contributed by atoms with Gasteiger partial charge in [-0.25, -0.2) is 4.90 Å². The van der Waals surface area contributed by atoms with Gasteiger partial charge in [-0.1, -0.05) is 19.1 Å². The Morgan fingerprint density at radius 3 is 2.65 bits per heavy atom. The van der Waals surface area contributed by atoms with E-state index in [1.54, 1.807) is 6.92 Å². The second-order valence-electron chi connectivity index (χ2n) is 9.60. The van der Waals surface area contributed by atoms with E-state index in [-0.39, 0.29) is 23.5 Å². The van der Waals surface area contributed by atoms with Gasteiger partial charge in [0.25, 0.3) is 5.69 Å². The molecular weight excluding hydrogens is 436 g/mol. The van der Waals surface area contributed by atoms with Crippen molar-refractivity contribution < 1.29 is 19.3 Å². The standard InChI is InChI=1S/C25H24N4O5/c1-3-14-6-8-17-16(12-14)25(24(32)26-17)21-20(19-5-4-10-27(19)25)22(30)28(23(21)31)18-9-7-15(29(33)34)11-13(18)2/h6-9,11-12,19-21H,3-5,10H2,1-2H3,(H,26,32)/t19-,20-,21-,25+/m0/s1. The average Bonchev–Trinajstić information content (AvgIpc) is 3.52. The van der Waals surface area contributed by atoms with Crippen molar-refractivity contribution in [2.75, 3.05) is 16.8 Å². The van der Waals surface area contributed by atoms with Gasteiger partial charge in [-0.3, -0.25) is 29.4 Å². The monoisotopic (exact) mass is 460 g/mol. The first-order chi connectivity index (χ1) is 16.3. The van der Waals surface area contributed by atoms with Gasteiger partial charge in [0.05, 0.1) is 22.4 Å². The molecule has 174 valence electrons. The molecular formula is C25H24N4O5. The number of aryl methyl sites for hydroxylation is 2. The molecule has 2 aromatic rings. The van der Waals surface area contributed by atoms with Crippen LogP contribution < -0.4 is 10.2 Å². The number of imide groups is 1. The maximum Gasteiger partial charge on any atom is 0.269 e. The fourth-order valence-corrected chi connectivity index (χ4v) is 6.71. The number of amides is 3. The topological polar surface area (TPSA) is 113 Å². The molecule has 3 amide bonds. The predicted octanol–water partition coefficient (Wildman–Crippen LogP) is 2.90. The normalized spacial score (nSPS) is 29.5. The van der Waals surface area contributed by atoms with Crippen LogP contribution >= 0.6 is 0 Å². The summed E-state index contributed by atoms with van der Waals surface area (Å²) in [5, 5.41) is 14.2. The van der Waals surface area contributed by atoms with Gasteiger partial charge in [-0.05, 0) is 56.0 Å². The van der Waals surface area contributed by atoms with Gasteiger partial charge in [0.2, 0.25) is 17.7 Å². The molecule has 9 heteroatoms. The first-order valence-corrected chi connectivity index (χ1v) is 11.6. The molecule has 4 aliphatic rings. The summed E-state index contributed by atoms with van der Waals surface area (Å²) in [6, 6.07) is 9.79. The molecule has 0 unspecified atom stereocenters. The Hall–Kier alpha value is -3.59. The highest BCUT2D eigenvalue weighted by Crippen LogP contribution is 2.60. The van der Waals surface area contributed by atoms with Gasteiger partial charge in [-0.2, -0.15) is 0 Å². The van der Waals surface area contributed by atoms with E-state index in [0.29, 0.717) is 23.5 Å². The van der Waals surface area contributed by atoms with Crippen LogP contribution in [-0.4, -0.2) is 40.1 Å². The van der Waals surface area contributed by atoms with Crippen LogP contribution in [-0.2, 0) is 26.3 Å². The van der Waals surface area contributed by atoms with Gasteiger partial charge in [0, 0.05) is 29.4 Å². The lowest BCUT2D eigenvalue weighted by molar-refractivity contribution is -0.384. The molecule has 1 N–H and O–H groups in total. The number of nitrogens with one attached hydrogen (secondary N) is 1. The van der Waals surface area contributed by atoms with Gasteiger partial charge >= 0.3 is 0 Å². The lowest BCUT2D eigenvalue weighted by Crippen LogP contribution is -2.54. The summed E-state index contributed by atoms with van der Waals surface area (Å²) in [5.41, 5.74) is 2.03. The third kappa shape index (κ3) is 2.39. The minimum atomic E-state index is -1.22. The quantitative estimate of drug-likeness (QED) is 0.428. The zero-order valence-electron chi connectivity index (χ0n) is 18.9. The van der Waals surface area contributed by atoms with Crippen molar-refractivity contribution >= 4 is 34.8 Å². The number of rotatable bonds is 3. The Morgan fingerprint density at radius 2 is 1.94 bits per heavy atom. The first kappa shape index (κ1) is 21.0. The number of fused-ring (bicyclic) bond motifs is 7. The Balaban J connectivity index is 1.53. The molecule has 0 radical (unpaired) electrons. The Kier molecular flexibility index (Phi) is 4.29. The van der Waals surface area contributed by atoms with Gasteiger partial charge < -0.3 is 5.32 Å². The Bertz CT molecular complexity index is 1310. The van der Waals surface area contributed by atoms with Crippen LogP contribution in [0.4, 0.5) is 17.1 Å². The van der Waals surface area contributed by atoms with E-state index in [2.05, 4.69) is 10.2 Å². The number of anilines is 2. The minimum absolute atomic E-state index is 0.102. The fraction of sp³-hybridized carbons (Fsp3) is 0.400. The number of carbonyl (C=O) groups is 3. The molecule has 4 aliphatic heterocycles. The van der Waals surface area contributed by atoms with Crippen LogP contribution in [0.15, 0.2) is 36.4 Å². The number of non-ortho nitro benzene ring substituents is 1. The highest BCUT2D eigenvalue weighted by molar-refractivity contribution is 6.26. The summed E-state index contributed by atoms with van der Waals surface area (Å²) in [4.78, 5) is 55.5. The number of nitro groups is 1. The molecule has 4 atom stereocenters. The molecule has 3 saturated heterocycles. The van der Waals surface area contributed by atoms with Crippen LogP contribution in [0.25, 0.3) is 0 Å². The number of hydrogen-bond donors (Lipinski definition) is 1. The van der Waals surface area contributed by atoms with E-state index >= 15 is 0 Å². The highest BCUT2D eigenvalue weighted by Gasteiger charge is 2.74. The van der Waals surface area contributed by atoms with Crippen LogP contribution in [0.1, 0.15) is 36.5 Å².